The van der Waals surface area contributed by atoms with Gasteiger partial charge in [-0.2, -0.15) is 0 Å². The van der Waals surface area contributed by atoms with E-state index in [4.69, 9.17) is 16.3 Å². The molecule has 0 aliphatic rings. The number of anilines is 1. The largest absolute Gasteiger partial charge is 0.478 e. The van der Waals surface area contributed by atoms with Crippen molar-refractivity contribution in [3.63, 3.8) is 0 Å². The van der Waals surface area contributed by atoms with Crippen molar-refractivity contribution in [1.29, 1.82) is 0 Å². The van der Waals surface area contributed by atoms with Crippen LogP contribution in [0.15, 0.2) is 18.2 Å². The van der Waals surface area contributed by atoms with Gasteiger partial charge in [-0.15, -0.1) is 0 Å². The molecule has 2 atom stereocenters. The van der Waals surface area contributed by atoms with E-state index in [1.807, 2.05) is 59.6 Å². The predicted octanol–water partition coefficient (Wildman–Crippen LogP) is 6.04. The van der Waals surface area contributed by atoms with E-state index in [1.165, 1.54) is 0 Å². The summed E-state index contributed by atoms with van der Waals surface area (Å²) < 4.78 is 5.39. The number of carbonyl (C=O) groups is 2. The lowest BCUT2D eigenvalue weighted by atomic mass is 9.95. The zero-order valence-corrected chi connectivity index (χ0v) is 19.3. The van der Waals surface area contributed by atoms with E-state index in [9.17, 15) is 14.7 Å². The monoisotopic (exact) mass is 413 g/mol. The summed E-state index contributed by atoms with van der Waals surface area (Å²) in [6.45, 7) is 13.7. The second-order valence-electron chi connectivity index (χ2n) is 7.77. The van der Waals surface area contributed by atoms with Gasteiger partial charge in [0.1, 0.15) is 5.60 Å². The summed E-state index contributed by atoms with van der Waals surface area (Å²) in [5.41, 5.74) is 0.407. The van der Waals surface area contributed by atoms with Gasteiger partial charge in [-0.1, -0.05) is 39.3 Å². The highest BCUT2D eigenvalue weighted by molar-refractivity contribution is 6.33. The molecule has 0 radical (unpaired) electrons. The summed E-state index contributed by atoms with van der Waals surface area (Å²) in [6.07, 6.45) is 2.04. The molecule has 0 aromatic heterocycles. The van der Waals surface area contributed by atoms with Crippen LogP contribution < -0.4 is 4.90 Å². The van der Waals surface area contributed by atoms with E-state index >= 15 is 0 Å². The Kier molecular flexibility index (Phi) is 11.2. The Morgan fingerprint density at radius 1 is 1.25 bits per heavy atom. The second-order valence-corrected chi connectivity index (χ2v) is 8.18. The van der Waals surface area contributed by atoms with Crippen molar-refractivity contribution in [2.45, 2.75) is 79.4 Å². The maximum Gasteiger partial charge on any atom is 0.337 e. The first-order valence-corrected chi connectivity index (χ1v) is 10.3. The van der Waals surface area contributed by atoms with E-state index in [0.717, 1.165) is 18.5 Å². The molecule has 0 saturated heterocycles. The van der Waals surface area contributed by atoms with E-state index in [0.29, 0.717) is 6.42 Å². The first kappa shape index (κ1) is 26.2. The number of hydrogen-bond donors (Lipinski definition) is 1. The molecule has 1 rings (SSSR count). The highest BCUT2D eigenvalue weighted by atomic mass is 35.5. The summed E-state index contributed by atoms with van der Waals surface area (Å²) in [4.78, 5) is 25.4. The van der Waals surface area contributed by atoms with Crippen LogP contribution in [-0.2, 0) is 9.53 Å². The molecule has 1 aromatic carbocycles. The van der Waals surface area contributed by atoms with Gasteiger partial charge in [-0.05, 0) is 57.7 Å². The van der Waals surface area contributed by atoms with E-state index in [1.54, 1.807) is 12.1 Å². The SMILES string of the molecule is CC.CCC(CC(C)CC(=O)OC(C)(C)C)N(C)c1ccc(Cl)c(C(=O)O)c1. The number of halogens is 1. The molecule has 0 amide bonds. The van der Waals surface area contributed by atoms with Crippen LogP contribution in [0, 0.1) is 5.92 Å². The fourth-order valence-corrected chi connectivity index (χ4v) is 3.12. The molecule has 6 heteroatoms. The van der Waals surface area contributed by atoms with Crippen LogP contribution in [0.4, 0.5) is 5.69 Å². The van der Waals surface area contributed by atoms with Crippen molar-refractivity contribution >= 4 is 29.2 Å². The molecule has 1 aromatic rings. The maximum absolute atomic E-state index is 12.0. The Morgan fingerprint density at radius 2 is 1.82 bits per heavy atom. The van der Waals surface area contributed by atoms with Gasteiger partial charge in [0.15, 0.2) is 0 Å². The molecule has 160 valence electrons. The fraction of sp³-hybridized carbons (Fsp3) is 0.636. The van der Waals surface area contributed by atoms with Gasteiger partial charge in [0, 0.05) is 25.2 Å². The molecule has 0 aliphatic carbocycles. The quantitative estimate of drug-likeness (QED) is 0.526. The summed E-state index contributed by atoms with van der Waals surface area (Å²) >= 11 is 5.95. The van der Waals surface area contributed by atoms with Crippen molar-refractivity contribution in [3.8, 4) is 0 Å². The highest BCUT2D eigenvalue weighted by Crippen LogP contribution is 2.27. The van der Waals surface area contributed by atoms with Crippen molar-refractivity contribution in [2.75, 3.05) is 11.9 Å². The number of aromatic carboxylic acids is 1. The molecule has 0 spiro atoms. The van der Waals surface area contributed by atoms with E-state index in [2.05, 4.69) is 6.92 Å². The number of ether oxygens (including phenoxy) is 1. The van der Waals surface area contributed by atoms with Gasteiger partial charge in [0.25, 0.3) is 0 Å². The van der Waals surface area contributed by atoms with Crippen LogP contribution in [-0.4, -0.2) is 35.7 Å². The van der Waals surface area contributed by atoms with Gasteiger partial charge in [0.05, 0.1) is 10.6 Å². The Morgan fingerprint density at radius 3 is 2.29 bits per heavy atom. The molecular formula is C22H36ClNO4. The van der Waals surface area contributed by atoms with Crippen molar-refractivity contribution in [2.24, 2.45) is 5.92 Å². The average molecular weight is 414 g/mol. The Labute approximate surface area is 175 Å². The molecule has 0 aliphatic heterocycles. The molecular weight excluding hydrogens is 378 g/mol. The Hall–Kier alpha value is -1.75. The van der Waals surface area contributed by atoms with Gasteiger partial charge in [0.2, 0.25) is 0 Å². The standard InChI is InChI=1S/C20H30ClNO4.C2H6/c1-7-14(10-13(2)11-18(23)26-20(3,4)5)22(6)15-8-9-17(21)16(12-15)19(24)25;1-2/h8-9,12-14H,7,10-11H2,1-6H3,(H,24,25);1-2H3. The number of esters is 1. The summed E-state index contributed by atoms with van der Waals surface area (Å²) in [7, 11) is 1.93. The number of carbonyl (C=O) groups excluding carboxylic acids is 1. The summed E-state index contributed by atoms with van der Waals surface area (Å²) in [5, 5.41) is 9.47. The molecule has 0 fully saturated rings. The molecule has 1 N–H and O–H groups in total. The zero-order chi connectivity index (χ0) is 22.1. The van der Waals surface area contributed by atoms with Crippen LogP contribution in [0.2, 0.25) is 5.02 Å². The second kappa shape index (κ2) is 11.9. The van der Waals surface area contributed by atoms with Gasteiger partial charge in [-0.3, -0.25) is 4.79 Å². The van der Waals surface area contributed by atoms with Crippen molar-refractivity contribution < 1.29 is 19.4 Å². The van der Waals surface area contributed by atoms with Crippen LogP contribution in [0.25, 0.3) is 0 Å². The topological polar surface area (TPSA) is 66.8 Å². The molecule has 0 heterocycles. The smallest absolute Gasteiger partial charge is 0.337 e. The lowest BCUT2D eigenvalue weighted by Gasteiger charge is -2.32. The number of carboxylic acids is 1. The number of benzene rings is 1. The normalized spacial score (nSPS) is 13.0. The van der Waals surface area contributed by atoms with Crippen molar-refractivity contribution in [3.05, 3.63) is 28.8 Å². The molecule has 5 nitrogen and oxygen atoms in total. The Bertz CT molecular complexity index is 640. The number of carboxylic acid groups (broad SMARTS) is 1. The zero-order valence-electron chi connectivity index (χ0n) is 18.5. The molecule has 0 saturated carbocycles. The molecule has 0 bridgehead atoms. The Balaban J connectivity index is 0.00000352. The minimum absolute atomic E-state index is 0.0904. The minimum Gasteiger partial charge on any atom is -0.478 e. The van der Waals surface area contributed by atoms with Crippen LogP contribution in [0.3, 0.4) is 0 Å². The van der Waals surface area contributed by atoms with E-state index < -0.39 is 11.6 Å². The minimum atomic E-state index is -1.04. The molecule has 2 unspecified atom stereocenters. The third kappa shape index (κ3) is 8.96. The lowest BCUT2D eigenvalue weighted by Crippen LogP contribution is -2.33. The molecule has 28 heavy (non-hydrogen) atoms. The number of rotatable bonds is 8. The lowest BCUT2D eigenvalue weighted by molar-refractivity contribution is -0.155. The number of hydrogen-bond acceptors (Lipinski definition) is 4. The fourth-order valence-electron chi connectivity index (χ4n) is 2.92. The maximum atomic E-state index is 12.0. The predicted molar refractivity (Wildman–Crippen MR) is 116 cm³/mol. The van der Waals surface area contributed by atoms with Crippen LogP contribution in [0.1, 0.15) is 78.1 Å². The van der Waals surface area contributed by atoms with Crippen molar-refractivity contribution in [1.82, 2.24) is 0 Å². The summed E-state index contributed by atoms with van der Waals surface area (Å²) in [5.74, 6) is -1.08. The van der Waals surface area contributed by atoms with Gasteiger partial charge < -0.3 is 14.7 Å². The first-order valence-electron chi connectivity index (χ1n) is 9.92. The van der Waals surface area contributed by atoms with E-state index in [-0.39, 0.29) is 28.5 Å². The van der Waals surface area contributed by atoms with Gasteiger partial charge >= 0.3 is 11.9 Å². The first-order chi connectivity index (χ1) is 12.9. The van der Waals surface area contributed by atoms with Gasteiger partial charge in [-0.25, -0.2) is 4.79 Å². The van der Waals surface area contributed by atoms with Crippen LogP contribution >= 0.6 is 11.6 Å². The third-order valence-electron chi connectivity index (χ3n) is 4.22. The highest BCUT2D eigenvalue weighted by Gasteiger charge is 2.22. The number of nitrogens with zero attached hydrogens (tertiary/aromatic N) is 1. The summed E-state index contributed by atoms with van der Waals surface area (Å²) in [6, 6.07) is 5.19. The third-order valence-corrected chi connectivity index (χ3v) is 4.55. The average Bonchev–Trinajstić information content (AvgIpc) is 2.59. The van der Waals surface area contributed by atoms with Crippen LogP contribution in [0.5, 0.6) is 0 Å².